The number of rotatable bonds is 3. The lowest BCUT2D eigenvalue weighted by Gasteiger charge is -1.98. The molecule has 0 aliphatic heterocycles. The fourth-order valence-corrected chi connectivity index (χ4v) is 1.77. The topological polar surface area (TPSA) is 52.2 Å². The Hall–Kier alpha value is -1.55. The fraction of sp³-hybridized carbons (Fsp3) is 0.273. The molecule has 5 heteroatoms. The van der Waals surface area contributed by atoms with Crippen LogP contribution in [0.4, 0.5) is 0 Å². The van der Waals surface area contributed by atoms with Gasteiger partial charge >= 0.3 is 5.76 Å². The number of aromatic nitrogens is 1. The number of Topliss-reactive ketones (excluding diaryl/α,β-unsaturated/α-hetero) is 1. The van der Waals surface area contributed by atoms with Gasteiger partial charge in [0.15, 0.2) is 11.4 Å². The maximum atomic E-state index is 11.4. The van der Waals surface area contributed by atoms with Crippen molar-refractivity contribution in [2.24, 2.45) is 0 Å². The summed E-state index contributed by atoms with van der Waals surface area (Å²) in [7, 11) is 0. The number of nitrogens with zero attached hydrogens (tertiary/aromatic N) is 1. The summed E-state index contributed by atoms with van der Waals surface area (Å²) in [4.78, 5) is 22.8. The molecule has 84 valence electrons. The van der Waals surface area contributed by atoms with E-state index >= 15 is 0 Å². The Morgan fingerprint density at radius 2 is 2.25 bits per heavy atom. The second-order valence-electron chi connectivity index (χ2n) is 3.35. The van der Waals surface area contributed by atoms with Gasteiger partial charge in [0, 0.05) is 12.1 Å². The van der Waals surface area contributed by atoms with Gasteiger partial charge in [0.1, 0.15) is 0 Å². The Labute approximate surface area is 96.4 Å². The molecule has 16 heavy (non-hydrogen) atoms. The van der Waals surface area contributed by atoms with E-state index in [1.54, 1.807) is 18.2 Å². The summed E-state index contributed by atoms with van der Waals surface area (Å²) in [6, 6.07) is 4.89. The number of halogens is 1. The average Bonchev–Trinajstić information content (AvgIpc) is 2.62. The molecule has 0 unspecified atom stereocenters. The third kappa shape index (κ3) is 1.65. The van der Waals surface area contributed by atoms with Crippen LogP contribution >= 0.6 is 11.6 Å². The molecule has 0 amide bonds. The summed E-state index contributed by atoms with van der Waals surface area (Å²) in [6.45, 7) is 2.39. The standard InChI is InChI=1S/C11H10ClNO3/c1-2-13-8-4-3-7(9(14)6-12)5-10(8)16-11(13)15/h3-5H,2,6H2,1H3. The molecule has 1 aromatic heterocycles. The van der Waals surface area contributed by atoms with Crippen LogP contribution in [-0.4, -0.2) is 16.2 Å². The van der Waals surface area contributed by atoms with Crippen LogP contribution in [0.15, 0.2) is 27.4 Å². The first-order valence-electron chi connectivity index (χ1n) is 4.90. The Morgan fingerprint density at radius 1 is 1.50 bits per heavy atom. The molecule has 0 N–H and O–H groups in total. The average molecular weight is 240 g/mol. The smallest absolute Gasteiger partial charge is 0.408 e. The molecule has 0 radical (unpaired) electrons. The minimum Gasteiger partial charge on any atom is -0.408 e. The molecule has 2 rings (SSSR count). The van der Waals surface area contributed by atoms with Gasteiger partial charge in [-0.3, -0.25) is 9.36 Å². The highest BCUT2D eigenvalue weighted by Gasteiger charge is 2.11. The van der Waals surface area contributed by atoms with E-state index in [1.807, 2.05) is 6.92 Å². The van der Waals surface area contributed by atoms with Gasteiger partial charge < -0.3 is 4.42 Å². The van der Waals surface area contributed by atoms with Crippen molar-refractivity contribution in [3.63, 3.8) is 0 Å². The Balaban J connectivity index is 2.65. The molecule has 0 aliphatic carbocycles. The quantitative estimate of drug-likeness (QED) is 0.608. The summed E-state index contributed by atoms with van der Waals surface area (Å²) < 4.78 is 6.54. The van der Waals surface area contributed by atoms with Crippen LogP contribution in [0.2, 0.25) is 0 Å². The number of alkyl halides is 1. The molecule has 0 saturated heterocycles. The van der Waals surface area contributed by atoms with Gasteiger partial charge in [-0.1, -0.05) is 0 Å². The van der Waals surface area contributed by atoms with Gasteiger partial charge in [-0.25, -0.2) is 4.79 Å². The second kappa shape index (κ2) is 4.14. The van der Waals surface area contributed by atoms with Gasteiger partial charge in [0.25, 0.3) is 0 Å². The van der Waals surface area contributed by atoms with E-state index in [1.165, 1.54) is 4.57 Å². The zero-order valence-corrected chi connectivity index (χ0v) is 9.45. The molecule has 0 fully saturated rings. The van der Waals surface area contributed by atoms with Crippen molar-refractivity contribution >= 4 is 28.5 Å². The highest BCUT2D eigenvalue weighted by Crippen LogP contribution is 2.15. The highest BCUT2D eigenvalue weighted by molar-refractivity contribution is 6.30. The van der Waals surface area contributed by atoms with Crippen molar-refractivity contribution in [3.05, 3.63) is 34.3 Å². The predicted octanol–water partition coefficient (Wildman–Crippen LogP) is 2.04. The van der Waals surface area contributed by atoms with Crippen LogP contribution in [0.25, 0.3) is 11.1 Å². The molecule has 1 heterocycles. The lowest BCUT2D eigenvalue weighted by atomic mass is 10.1. The first-order chi connectivity index (χ1) is 7.67. The molecule has 4 nitrogen and oxygen atoms in total. The summed E-state index contributed by atoms with van der Waals surface area (Å²) >= 11 is 5.45. The van der Waals surface area contributed by atoms with Crippen molar-refractivity contribution in [2.45, 2.75) is 13.5 Å². The molecular formula is C11H10ClNO3. The van der Waals surface area contributed by atoms with Gasteiger partial charge in [-0.05, 0) is 25.1 Å². The van der Waals surface area contributed by atoms with Crippen LogP contribution in [0.3, 0.4) is 0 Å². The molecule has 0 atom stereocenters. The molecule has 2 aromatic rings. The van der Waals surface area contributed by atoms with E-state index in [4.69, 9.17) is 16.0 Å². The molecule has 0 bridgehead atoms. The summed E-state index contributed by atoms with van der Waals surface area (Å²) in [5.41, 5.74) is 1.57. The zero-order chi connectivity index (χ0) is 11.7. The number of oxazole rings is 1. The van der Waals surface area contributed by atoms with Crippen LogP contribution in [0, 0.1) is 0 Å². The van der Waals surface area contributed by atoms with Gasteiger partial charge in [-0.15, -0.1) is 11.6 Å². The van der Waals surface area contributed by atoms with E-state index in [-0.39, 0.29) is 11.7 Å². The number of ketones is 1. The van der Waals surface area contributed by atoms with E-state index in [0.717, 1.165) is 0 Å². The lowest BCUT2D eigenvalue weighted by molar-refractivity contribution is 0.102. The van der Waals surface area contributed by atoms with Crippen molar-refractivity contribution in [3.8, 4) is 0 Å². The Morgan fingerprint density at radius 3 is 2.88 bits per heavy atom. The highest BCUT2D eigenvalue weighted by atomic mass is 35.5. The Kier molecular flexibility index (Phi) is 2.83. The Bertz CT molecular complexity index is 597. The second-order valence-corrected chi connectivity index (χ2v) is 3.62. The van der Waals surface area contributed by atoms with Gasteiger partial charge in [0.2, 0.25) is 0 Å². The molecular weight excluding hydrogens is 230 g/mol. The first kappa shape index (κ1) is 11.0. The predicted molar refractivity (Wildman–Crippen MR) is 61.2 cm³/mol. The van der Waals surface area contributed by atoms with Crippen molar-refractivity contribution < 1.29 is 9.21 Å². The van der Waals surface area contributed by atoms with Crippen LogP contribution in [0.5, 0.6) is 0 Å². The third-order valence-electron chi connectivity index (χ3n) is 2.43. The monoisotopic (exact) mass is 239 g/mol. The van der Waals surface area contributed by atoms with Crippen LogP contribution in [-0.2, 0) is 6.54 Å². The summed E-state index contributed by atoms with van der Waals surface area (Å²) in [5.74, 6) is -0.673. The SMILES string of the molecule is CCn1c(=O)oc2cc(C(=O)CCl)ccc21. The van der Waals surface area contributed by atoms with E-state index < -0.39 is 5.76 Å². The minimum absolute atomic E-state index is 0.0791. The molecule has 0 saturated carbocycles. The van der Waals surface area contributed by atoms with Crippen LogP contribution in [0.1, 0.15) is 17.3 Å². The number of aryl methyl sites for hydroxylation is 1. The molecule has 0 spiro atoms. The third-order valence-corrected chi connectivity index (χ3v) is 2.67. The summed E-state index contributed by atoms with van der Waals surface area (Å²) in [5, 5.41) is 0. The molecule has 1 aromatic carbocycles. The normalized spacial score (nSPS) is 10.9. The number of benzene rings is 1. The van der Waals surface area contributed by atoms with Crippen LogP contribution < -0.4 is 5.76 Å². The zero-order valence-electron chi connectivity index (χ0n) is 8.70. The number of carbonyl (C=O) groups is 1. The lowest BCUT2D eigenvalue weighted by Crippen LogP contribution is -2.11. The number of hydrogen-bond donors (Lipinski definition) is 0. The summed E-state index contributed by atoms with van der Waals surface area (Å²) in [6.07, 6.45) is 0. The number of fused-ring (bicyclic) bond motifs is 1. The van der Waals surface area contributed by atoms with Crippen molar-refractivity contribution in [1.82, 2.24) is 4.57 Å². The molecule has 0 aliphatic rings. The van der Waals surface area contributed by atoms with E-state index in [9.17, 15) is 9.59 Å². The van der Waals surface area contributed by atoms with Gasteiger partial charge in [0.05, 0.1) is 11.4 Å². The maximum absolute atomic E-state index is 11.4. The first-order valence-corrected chi connectivity index (χ1v) is 5.43. The fourth-order valence-electron chi connectivity index (χ4n) is 1.62. The van der Waals surface area contributed by atoms with Crippen molar-refractivity contribution in [2.75, 3.05) is 5.88 Å². The number of hydrogen-bond acceptors (Lipinski definition) is 3. The largest absolute Gasteiger partial charge is 0.419 e. The van der Waals surface area contributed by atoms with Gasteiger partial charge in [-0.2, -0.15) is 0 Å². The van der Waals surface area contributed by atoms with Crippen molar-refractivity contribution in [1.29, 1.82) is 0 Å². The number of carbonyl (C=O) groups excluding carboxylic acids is 1. The van der Waals surface area contributed by atoms with E-state index in [2.05, 4.69) is 0 Å². The maximum Gasteiger partial charge on any atom is 0.419 e. The van der Waals surface area contributed by atoms with E-state index in [0.29, 0.717) is 23.2 Å². The minimum atomic E-state index is -0.409.